The molecule has 0 unspecified atom stereocenters. The first kappa shape index (κ1) is 18.5. The van der Waals surface area contributed by atoms with Gasteiger partial charge in [0, 0.05) is 22.3 Å². The van der Waals surface area contributed by atoms with E-state index in [9.17, 15) is 9.59 Å². The Morgan fingerprint density at radius 3 is 2.41 bits per heavy atom. The second-order valence-electron chi connectivity index (χ2n) is 5.76. The molecule has 27 heavy (non-hydrogen) atoms. The number of furan rings is 1. The van der Waals surface area contributed by atoms with Crippen LogP contribution in [0.5, 0.6) is 5.75 Å². The lowest BCUT2D eigenvalue weighted by atomic mass is 10.1. The number of hydrogen-bond acceptors (Lipinski definition) is 4. The van der Waals surface area contributed by atoms with Crippen LogP contribution >= 0.6 is 11.6 Å². The quantitative estimate of drug-likeness (QED) is 0.664. The Balaban J connectivity index is 1.71. The minimum atomic E-state index is -0.362. The normalized spacial score (nSPS) is 10.3. The Morgan fingerprint density at radius 2 is 1.78 bits per heavy atom. The van der Waals surface area contributed by atoms with Gasteiger partial charge in [-0.1, -0.05) is 11.6 Å². The second kappa shape index (κ2) is 7.97. The van der Waals surface area contributed by atoms with Crippen LogP contribution in [0.2, 0.25) is 5.02 Å². The van der Waals surface area contributed by atoms with E-state index in [1.54, 1.807) is 48.5 Å². The van der Waals surface area contributed by atoms with Gasteiger partial charge in [0.2, 0.25) is 0 Å². The third kappa shape index (κ3) is 4.30. The van der Waals surface area contributed by atoms with Gasteiger partial charge in [0.25, 0.3) is 11.8 Å². The zero-order valence-corrected chi connectivity index (χ0v) is 15.5. The van der Waals surface area contributed by atoms with Gasteiger partial charge in [-0.05, 0) is 55.0 Å². The number of hydrogen-bond donors (Lipinski definition) is 2. The Hall–Kier alpha value is -3.25. The standard InChI is InChI=1S/C20H17ClN2O4/c1-12-10-16(18(26-2)11-15(12)21)23-19(24)13-5-7-14(8-6-13)22-20(25)17-4-3-9-27-17/h3-11H,1-2H3,(H,22,25)(H,23,24). The van der Waals surface area contributed by atoms with E-state index in [0.29, 0.717) is 27.7 Å². The molecule has 0 fully saturated rings. The highest BCUT2D eigenvalue weighted by Crippen LogP contribution is 2.31. The number of ether oxygens (including phenoxy) is 1. The predicted molar refractivity (Wildman–Crippen MR) is 104 cm³/mol. The van der Waals surface area contributed by atoms with E-state index in [2.05, 4.69) is 10.6 Å². The zero-order chi connectivity index (χ0) is 19.4. The molecule has 0 aliphatic rings. The van der Waals surface area contributed by atoms with Gasteiger partial charge in [0.15, 0.2) is 5.76 Å². The summed E-state index contributed by atoms with van der Waals surface area (Å²) in [4.78, 5) is 24.5. The van der Waals surface area contributed by atoms with Crippen LogP contribution < -0.4 is 15.4 Å². The van der Waals surface area contributed by atoms with Gasteiger partial charge >= 0.3 is 0 Å². The molecule has 0 radical (unpaired) electrons. The molecular formula is C20H17ClN2O4. The molecule has 1 heterocycles. The van der Waals surface area contributed by atoms with Gasteiger partial charge in [0.1, 0.15) is 5.75 Å². The average Bonchev–Trinajstić information content (AvgIpc) is 3.20. The van der Waals surface area contributed by atoms with Gasteiger partial charge in [-0.25, -0.2) is 0 Å². The van der Waals surface area contributed by atoms with Crippen molar-refractivity contribution in [3.63, 3.8) is 0 Å². The summed E-state index contributed by atoms with van der Waals surface area (Å²) >= 11 is 6.08. The largest absolute Gasteiger partial charge is 0.495 e. The lowest BCUT2D eigenvalue weighted by molar-refractivity contribution is 0.0995. The first-order chi connectivity index (χ1) is 13.0. The SMILES string of the molecule is COc1cc(Cl)c(C)cc1NC(=O)c1ccc(NC(=O)c2ccco2)cc1. The lowest BCUT2D eigenvalue weighted by Gasteiger charge is -2.12. The van der Waals surface area contributed by atoms with Crippen LogP contribution in [0.3, 0.4) is 0 Å². The van der Waals surface area contributed by atoms with Gasteiger partial charge in [0.05, 0.1) is 19.1 Å². The third-order valence-corrected chi connectivity index (χ3v) is 4.29. The number of carbonyl (C=O) groups is 2. The van der Waals surface area contributed by atoms with Crippen molar-refractivity contribution in [2.45, 2.75) is 6.92 Å². The minimum absolute atomic E-state index is 0.210. The van der Waals surface area contributed by atoms with Crippen LogP contribution in [0.15, 0.2) is 59.2 Å². The van der Waals surface area contributed by atoms with Crippen LogP contribution in [0.25, 0.3) is 0 Å². The summed E-state index contributed by atoms with van der Waals surface area (Å²) in [5, 5.41) is 6.05. The molecule has 0 aliphatic heterocycles. The van der Waals surface area contributed by atoms with E-state index in [0.717, 1.165) is 5.56 Å². The predicted octanol–water partition coefficient (Wildman–Crippen LogP) is 4.75. The van der Waals surface area contributed by atoms with Crippen molar-refractivity contribution >= 4 is 34.8 Å². The molecule has 2 aromatic carbocycles. The highest BCUT2D eigenvalue weighted by molar-refractivity contribution is 6.31. The topological polar surface area (TPSA) is 80.6 Å². The Bertz CT molecular complexity index is 966. The van der Waals surface area contributed by atoms with Crippen LogP contribution in [-0.4, -0.2) is 18.9 Å². The third-order valence-electron chi connectivity index (χ3n) is 3.88. The fourth-order valence-electron chi connectivity index (χ4n) is 2.43. The molecule has 3 rings (SSSR count). The number of nitrogens with one attached hydrogen (secondary N) is 2. The maximum absolute atomic E-state index is 12.5. The van der Waals surface area contributed by atoms with Gasteiger partial charge in [-0.2, -0.15) is 0 Å². The summed E-state index contributed by atoms with van der Waals surface area (Å²) in [6.07, 6.45) is 1.43. The van der Waals surface area contributed by atoms with Crippen LogP contribution in [0, 0.1) is 6.92 Å². The Morgan fingerprint density at radius 1 is 1.04 bits per heavy atom. The summed E-state index contributed by atoms with van der Waals surface area (Å²) in [6.45, 7) is 1.84. The minimum Gasteiger partial charge on any atom is -0.495 e. The number of amides is 2. The number of aryl methyl sites for hydroxylation is 1. The monoisotopic (exact) mass is 384 g/mol. The molecule has 0 spiro atoms. The summed E-state index contributed by atoms with van der Waals surface area (Å²) in [7, 11) is 1.51. The molecule has 3 aromatic rings. The fraction of sp³-hybridized carbons (Fsp3) is 0.100. The van der Waals surface area contributed by atoms with E-state index in [1.807, 2.05) is 6.92 Å². The summed E-state index contributed by atoms with van der Waals surface area (Å²) in [6, 6.07) is 13.1. The molecule has 0 atom stereocenters. The van der Waals surface area contributed by atoms with Gasteiger partial charge in [-0.15, -0.1) is 0 Å². The summed E-state index contributed by atoms with van der Waals surface area (Å²) in [5.41, 5.74) is 2.33. The zero-order valence-electron chi connectivity index (χ0n) is 14.7. The number of methoxy groups -OCH3 is 1. The molecular weight excluding hydrogens is 368 g/mol. The smallest absolute Gasteiger partial charge is 0.291 e. The number of benzene rings is 2. The van der Waals surface area contributed by atoms with Gasteiger partial charge < -0.3 is 19.8 Å². The van der Waals surface area contributed by atoms with Crippen molar-refractivity contribution in [1.29, 1.82) is 0 Å². The van der Waals surface area contributed by atoms with Crippen molar-refractivity contribution in [3.8, 4) is 5.75 Å². The van der Waals surface area contributed by atoms with E-state index < -0.39 is 0 Å². The highest BCUT2D eigenvalue weighted by atomic mass is 35.5. The molecule has 1 aromatic heterocycles. The molecule has 0 saturated carbocycles. The van der Waals surface area contributed by atoms with E-state index in [4.69, 9.17) is 20.8 Å². The van der Waals surface area contributed by atoms with Crippen molar-refractivity contribution in [2.24, 2.45) is 0 Å². The summed E-state index contributed by atoms with van der Waals surface area (Å²) in [5.74, 6) is 0.0146. The molecule has 6 nitrogen and oxygen atoms in total. The van der Waals surface area contributed by atoms with E-state index in [-0.39, 0.29) is 17.6 Å². The van der Waals surface area contributed by atoms with Crippen LogP contribution in [-0.2, 0) is 0 Å². The molecule has 2 N–H and O–H groups in total. The van der Waals surface area contributed by atoms with E-state index in [1.165, 1.54) is 13.4 Å². The molecule has 2 amide bonds. The first-order valence-electron chi connectivity index (χ1n) is 8.08. The Labute approximate surface area is 161 Å². The van der Waals surface area contributed by atoms with Crippen LogP contribution in [0.4, 0.5) is 11.4 Å². The molecule has 0 bridgehead atoms. The second-order valence-corrected chi connectivity index (χ2v) is 6.17. The Kier molecular flexibility index (Phi) is 5.47. The van der Waals surface area contributed by atoms with Gasteiger partial charge in [-0.3, -0.25) is 9.59 Å². The first-order valence-corrected chi connectivity index (χ1v) is 8.46. The number of carbonyl (C=O) groups excluding carboxylic acids is 2. The molecule has 0 aliphatic carbocycles. The van der Waals surface area contributed by atoms with Crippen molar-refractivity contribution in [3.05, 3.63) is 76.7 Å². The highest BCUT2D eigenvalue weighted by Gasteiger charge is 2.13. The van der Waals surface area contributed by atoms with E-state index >= 15 is 0 Å². The number of halogens is 1. The number of rotatable bonds is 5. The average molecular weight is 385 g/mol. The lowest BCUT2D eigenvalue weighted by Crippen LogP contribution is -2.14. The van der Waals surface area contributed by atoms with Crippen LogP contribution in [0.1, 0.15) is 26.5 Å². The maximum atomic E-state index is 12.5. The maximum Gasteiger partial charge on any atom is 0.291 e. The molecule has 0 saturated heterocycles. The van der Waals surface area contributed by atoms with Crippen molar-refractivity contribution < 1.29 is 18.7 Å². The fourth-order valence-corrected chi connectivity index (χ4v) is 2.58. The summed E-state index contributed by atoms with van der Waals surface area (Å²) < 4.78 is 10.3. The van der Waals surface area contributed by atoms with Crippen molar-refractivity contribution in [1.82, 2.24) is 0 Å². The molecule has 138 valence electrons. The van der Waals surface area contributed by atoms with Crippen molar-refractivity contribution in [2.75, 3.05) is 17.7 Å². The number of anilines is 2. The molecule has 7 heteroatoms.